The molecule has 0 bridgehead atoms. The summed E-state index contributed by atoms with van der Waals surface area (Å²) in [6.45, 7) is 9.90. The van der Waals surface area contributed by atoms with Crippen LogP contribution in [0.5, 0.6) is 0 Å². The van der Waals surface area contributed by atoms with Gasteiger partial charge in [0.1, 0.15) is 11.5 Å². The van der Waals surface area contributed by atoms with E-state index >= 15 is 0 Å². The largest absolute Gasteiger partial charge is 0.466 e. The summed E-state index contributed by atoms with van der Waals surface area (Å²) in [4.78, 5) is 2.60. The van der Waals surface area contributed by atoms with Gasteiger partial charge in [0.15, 0.2) is 0 Å². The van der Waals surface area contributed by atoms with Gasteiger partial charge in [-0.2, -0.15) is 0 Å². The van der Waals surface area contributed by atoms with Gasteiger partial charge in [0.2, 0.25) is 0 Å². The van der Waals surface area contributed by atoms with Gasteiger partial charge in [-0.05, 0) is 53.7 Å². The van der Waals surface area contributed by atoms with Crippen molar-refractivity contribution in [1.82, 2.24) is 10.2 Å². The van der Waals surface area contributed by atoms with Crippen molar-refractivity contribution in [3.05, 3.63) is 23.2 Å². The van der Waals surface area contributed by atoms with Crippen LogP contribution in [0.25, 0.3) is 0 Å². The Kier molecular flexibility index (Phi) is 4.13. The van der Waals surface area contributed by atoms with Crippen LogP contribution in [0.3, 0.4) is 0 Å². The smallest absolute Gasteiger partial charge is 0.105 e. The molecule has 0 aromatic carbocycles. The lowest BCUT2D eigenvalue weighted by Crippen LogP contribution is -2.47. The first-order chi connectivity index (χ1) is 8.52. The van der Waals surface area contributed by atoms with E-state index in [9.17, 15) is 0 Å². The van der Waals surface area contributed by atoms with Crippen LogP contribution >= 0.6 is 0 Å². The molecule has 3 nitrogen and oxygen atoms in total. The molecule has 2 rings (SSSR count). The number of hydrogen-bond acceptors (Lipinski definition) is 3. The molecule has 1 saturated heterocycles. The Morgan fingerprint density at radius 1 is 1.44 bits per heavy atom. The van der Waals surface area contributed by atoms with Gasteiger partial charge < -0.3 is 9.73 Å². The maximum Gasteiger partial charge on any atom is 0.105 e. The average molecular weight is 250 g/mol. The predicted molar refractivity (Wildman–Crippen MR) is 74.8 cm³/mol. The van der Waals surface area contributed by atoms with Crippen LogP contribution in [0.2, 0.25) is 0 Å². The Balaban J connectivity index is 2.10. The third kappa shape index (κ3) is 2.62. The second-order valence-corrected chi connectivity index (χ2v) is 5.64. The first-order valence-electron chi connectivity index (χ1n) is 7.03. The van der Waals surface area contributed by atoms with Crippen LogP contribution in [-0.4, -0.2) is 30.6 Å². The maximum atomic E-state index is 5.66. The number of hydrogen-bond donors (Lipinski definition) is 1. The maximum absolute atomic E-state index is 5.66. The summed E-state index contributed by atoms with van der Waals surface area (Å²) in [5.41, 5.74) is 1.35. The van der Waals surface area contributed by atoms with Gasteiger partial charge >= 0.3 is 0 Å². The van der Waals surface area contributed by atoms with Crippen molar-refractivity contribution in [2.75, 3.05) is 13.6 Å². The highest BCUT2D eigenvalue weighted by Crippen LogP contribution is 2.31. The van der Waals surface area contributed by atoms with Crippen LogP contribution in [-0.2, 0) is 0 Å². The fourth-order valence-electron chi connectivity index (χ4n) is 3.27. The fourth-order valence-corrected chi connectivity index (χ4v) is 3.27. The monoisotopic (exact) mass is 250 g/mol. The third-order valence-corrected chi connectivity index (χ3v) is 4.36. The molecular weight excluding hydrogens is 224 g/mol. The molecule has 3 heteroatoms. The minimum absolute atomic E-state index is 0.454. The summed E-state index contributed by atoms with van der Waals surface area (Å²) in [5.74, 6) is 2.09. The van der Waals surface area contributed by atoms with E-state index in [1.165, 1.54) is 18.4 Å². The standard InChI is InChI=1S/C15H26N2O/c1-10-8-14(16-5)6-7-17(10)12(3)15-9-11(2)18-13(15)4/h9-10,12,14,16H,6-8H2,1-5H3. The average Bonchev–Trinajstić information content (AvgIpc) is 2.67. The lowest BCUT2D eigenvalue weighted by molar-refractivity contribution is 0.0967. The van der Waals surface area contributed by atoms with E-state index in [1.54, 1.807) is 0 Å². The fraction of sp³-hybridized carbons (Fsp3) is 0.733. The van der Waals surface area contributed by atoms with Crippen LogP contribution in [0, 0.1) is 13.8 Å². The molecule has 1 aliphatic heterocycles. The van der Waals surface area contributed by atoms with Crippen molar-refractivity contribution in [2.24, 2.45) is 0 Å². The van der Waals surface area contributed by atoms with Gasteiger partial charge in [0.05, 0.1) is 0 Å². The van der Waals surface area contributed by atoms with Gasteiger partial charge in [0, 0.05) is 30.2 Å². The highest BCUT2D eigenvalue weighted by molar-refractivity contribution is 5.24. The van der Waals surface area contributed by atoms with Gasteiger partial charge in [-0.15, -0.1) is 0 Å². The van der Waals surface area contributed by atoms with Crippen molar-refractivity contribution in [2.45, 2.75) is 58.7 Å². The quantitative estimate of drug-likeness (QED) is 0.894. The molecule has 0 radical (unpaired) electrons. The van der Waals surface area contributed by atoms with Gasteiger partial charge in [-0.3, -0.25) is 4.90 Å². The van der Waals surface area contributed by atoms with Crippen LogP contribution in [0.15, 0.2) is 10.5 Å². The zero-order valence-electron chi connectivity index (χ0n) is 12.3. The molecule has 3 unspecified atom stereocenters. The highest BCUT2D eigenvalue weighted by Gasteiger charge is 2.29. The van der Waals surface area contributed by atoms with E-state index in [1.807, 2.05) is 6.92 Å². The topological polar surface area (TPSA) is 28.4 Å². The Bertz CT molecular complexity index is 399. The van der Waals surface area contributed by atoms with Crippen LogP contribution in [0.1, 0.15) is 49.8 Å². The van der Waals surface area contributed by atoms with Gasteiger partial charge in [0.25, 0.3) is 0 Å². The summed E-state index contributed by atoms with van der Waals surface area (Å²) in [6.07, 6.45) is 2.47. The van der Waals surface area contributed by atoms with E-state index in [0.717, 1.165) is 18.1 Å². The number of rotatable bonds is 3. The summed E-state index contributed by atoms with van der Waals surface area (Å²) >= 11 is 0. The minimum atomic E-state index is 0.454. The predicted octanol–water partition coefficient (Wildman–Crippen LogP) is 3.03. The lowest BCUT2D eigenvalue weighted by Gasteiger charge is -2.41. The highest BCUT2D eigenvalue weighted by atomic mass is 16.3. The molecule has 18 heavy (non-hydrogen) atoms. The van der Waals surface area contributed by atoms with E-state index in [-0.39, 0.29) is 0 Å². The number of likely N-dealkylation sites (tertiary alicyclic amines) is 1. The van der Waals surface area contributed by atoms with Crippen molar-refractivity contribution in [3.63, 3.8) is 0 Å². The minimum Gasteiger partial charge on any atom is -0.466 e. The molecule has 0 spiro atoms. The van der Waals surface area contributed by atoms with Crippen molar-refractivity contribution < 1.29 is 4.42 Å². The normalized spacial score (nSPS) is 27.4. The SMILES string of the molecule is CNC1CCN(C(C)c2cc(C)oc2C)C(C)C1. The molecule has 1 N–H and O–H groups in total. The van der Waals surface area contributed by atoms with Gasteiger partial charge in [-0.25, -0.2) is 0 Å². The van der Waals surface area contributed by atoms with E-state index < -0.39 is 0 Å². The number of piperidine rings is 1. The first-order valence-corrected chi connectivity index (χ1v) is 7.03. The second kappa shape index (κ2) is 5.45. The van der Waals surface area contributed by atoms with Crippen molar-refractivity contribution >= 4 is 0 Å². The molecule has 0 saturated carbocycles. The number of nitrogens with zero attached hydrogens (tertiary/aromatic N) is 1. The summed E-state index contributed by atoms with van der Waals surface area (Å²) in [7, 11) is 2.07. The molecule has 1 fully saturated rings. The zero-order valence-corrected chi connectivity index (χ0v) is 12.3. The lowest BCUT2D eigenvalue weighted by atomic mass is 9.95. The van der Waals surface area contributed by atoms with Crippen LogP contribution < -0.4 is 5.32 Å². The molecule has 102 valence electrons. The Labute approximate surface area is 111 Å². The van der Waals surface area contributed by atoms with Crippen molar-refractivity contribution in [3.8, 4) is 0 Å². The van der Waals surface area contributed by atoms with E-state index in [4.69, 9.17) is 4.42 Å². The number of nitrogens with one attached hydrogen (secondary N) is 1. The third-order valence-electron chi connectivity index (χ3n) is 4.36. The molecule has 0 amide bonds. The molecule has 1 aromatic rings. The number of furan rings is 1. The van der Waals surface area contributed by atoms with E-state index in [0.29, 0.717) is 18.1 Å². The molecule has 3 atom stereocenters. The Morgan fingerprint density at radius 3 is 2.67 bits per heavy atom. The first kappa shape index (κ1) is 13.6. The molecule has 2 heterocycles. The van der Waals surface area contributed by atoms with Crippen molar-refractivity contribution in [1.29, 1.82) is 0 Å². The Hall–Kier alpha value is -0.800. The van der Waals surface area contributed by atoms with Crippen LogP contribution in [0.4, 0.5) is 0 Å². The summed E-state index contributed by atoms with van der Waals surface area (Å²) in [5, 5.41) is 3.40. The molecule has 1 aromatic heterocycles. The van der Waals surface area contributed by atoms with E-state index in [2.05, 4.69) is 44.1 Å². The van der Waals surface area contributed by atoms with Gasteiger partial charge in [-0.1, -0.05) is 0 Å². The molecular formula is C15H26N2O. The molecule has 1 aliphatic rings. The summed E-state index contributed by atoms with van der Waals surface area (Å²) in [6, 6.07) is 3.95. The Morgan fingerprint density at radius 2 is 2.17 bits per heavy atom. The second-order valence-electron chi connectivity index (χ2n) is 5.64. The summed E-state index contributed by atoms with van der Waals surface area (Å²) < 4.78 is 5.66. The zero-order chi connectivity index (χ0) is 13.3. The molecule has 0 aliphatic carbocycles. The number of aryl methyl sites for hydroxylation is 2.